The highest BCUT2D eigenvalue weighted by Crippen LogP contribution is 2.20. The number of hydrogen-bond acceptors (Lipinski definition) is 3. The van der Waals surface area contributed by atoms with E-state index in [-0.39, 0.29) is 0 Å². The van der Waals surface area contributed by atoms with Gasteiger partial charge in [0.1, 0.15) is 6.54 Å². The first-order chi connectivity index (χ1) is 13.8. The number of halogens is 1. The zero-order valence-corrected chi connectivity index (χ0v) is 21.9. The van der Waals surface area contributed by atoms with Crippen LogP contribution in [0.4, 0.5) is 0 Å². The summed E-state index contributed by atoms with van der Waals surface area (Å²) in [4.78, 5) is 0. The number of rotatable bonds is 14. The van der Waals surface area contributed by atoms with Crippen molar-refractivity contribution >= 4 is 32.7 Å². The van der Waals surface area contributed by atoms with E-state index in [0.29, 0.717) is 6.26 Å². The molecule has 0 N–H and O–H groups in total. The molecule has 1 aliphatic rings. The molecule has 1 rings (SSSR count). The van der Waals surface area contributed by atoms with Crippen molar-refractivity contribution in [2.75, 3.05) is 32.4 Å². The molecule has 1 heterocycles. The summed E-state index contributed by atoms with van der Waals surface area (Å²) in [6.07, 6.45) is 22.2. The van der Waals surface area contributed by atoms with Crippen LogP contribution < -0.4 is 0 Å². The SMILES string of the molecule is CCCCCCCCCCCCCC[N+]1(CC#CI)CCCCC1.CS(=O)(=O)[O-]. The minimum Gasteiger partial charge on any atom is -0.748 e. The van der Waals surface area contributed by atoms with Crippen molar-refractivity contribution in [3.8, 4) is 9.85 Å². The Kier molecular flexibility index (Phi) is 19.0. The molecule has 0 unspecified atom stereocenters. The van der Waals surface area contributed by atoms with Crippen LogP contribution in [0.3, 0.4) is 0 Å². The Bertz CT molecular complexity index is 526. The minimum atomic E-state index is -3.92. The summed E-state index contributed by atoms with van der Waals surface area (Å²) in [5, 5.41) is 0. The number of likely N-dealkylation sites (tertiary alicyclic amines) is 1. The molecular formula is C23H44INO3S. The van der Waals surface area contributed by atoms with Crippen molar-refractivity contribution in [3.63, 3.8) is 0 Å². The van der Waals surface area contributed by atoms with E-state index < -0.39 is 10.1 Å². The fraction of sp³-hybridized carbons (Fsp3) is 0.913. The van der Waals surface area contributed by atoms with E-state index in [1.54, 1.807) is 0 Å². The molecule has 0 atom stereocenters. The van der Waals surface area contributed by atoms with E-state index in [0.717, 1.165) is 6.54 Å². The first-order valence-corrected chi connectivity index (χ1v) is 14.6. The smallest absolute Gasteiger partial charge is 0.141 e. The molecule has 6 heteroatoms. The lowest BCUT2D eigenvalue weighted by Gasteiger charge is -2.40. The van der Waals surface area contributed by atoms with Crippen LogP contribution in [0.5, 0.6) is 0 Å². The van der Waals surface area contributed by atoms with E-state index in [2.05, 4.69) is 39.4 Å². The van der Waals surface area contributed by atoms with Gasteiger partial charge in [-0.2, -0.15) is 0 Å². The van der Waals surface area contributed by atoms with Crippen molar-refractivity contribution in [1.29, 1.82) is 0 Å². The van der Waals surface area contributed by atoms with Gasteiger partial charge < -0.3 is 9.04 Å². The first kappa shape index (κ1) is 29.2. The summed E-state index contributed by atoms with van der Waals surface area (Å²) in [5.41, 5.74) is 0. The predicted molar refractivity (Wildman–Crippen MR) is 132 cm³/mol. The molecule has 0 aromatic carbocycles. The van der Waals surface area contributed by atoms with Gasteiger partial charge in [0.2, 0.25) is 0 Å². The van der Waals surface area contributed by atoms with Crippen LogP contribution in [0.25, 0.3) is 0 Å². The van der Waals surface area contributed by atoms with Crippen molar-refractivity contribution in [1.82, 2.24) is 0 Å². The molecule has 0 aromatic rings. The molecule has 0 aromatic heterocycles. The Balaban J connectivity index is 0.00000139. The normalized spacial score (nSPS) is 15.7. The highest BCUT2D eigenvalue weighted by molar-refractivity contribution is 14.1. The highest BCUT2D eigenvalue weighted by Gasteiger charge is 2.28. The zero-order chi connectivity index (χ0) is 21.8. The third-order valence-corrected chi connectivity index (χ3v) is 6.11. The van der Waals surface area contributed by atoms with Gasteiger partial charge in [-0.05, 0) is 42.0 Å². The lowest BCUT2D eigenvalue weighted by Crippen LogP contribution is -2.52. The van der Waals surface area contributed by atoms with Gasteiger partial charge in [-0.3, -0.25) is 0 Å². The maximum absolute atomic E-state index is 9.08. The summed E-state index contributed by atoms with van der Waals surface area (Å²) >= 11 is 2.20. The number of hydrogen-bond donors (Lipinski definition) is 0. The van der Waals surface area contributed by atoms with E-state index in [1.165, 1.54) is 120 Å². The average molecular weight is 542 g/mol. The van der Waals surface area contributed by atoms with Gasteiger partial charge >= 0.3 is 0 Å². The molecule has 0 saturated carbocycles. The zero-order valence-electron chi connectivity index (χ0n) is 18.9. The Hall–Kier alpha value is 0.160. The van der Waals surface area contributed by atoms with Gasteiger partial charge in [0.15, 0.2) is 0 Å². The quantitative estimate of drug-likeness (QED) is 0.0860. The molecule has 1 saturated heterocycles. The second kappa shape index (κ2) is 18.9. The summed E-state index contributed by atoms with van der Waals surface area (Å²) in [5.74, 6) is 3.36. The summed E-state index contributed by atoms with van der Waals surface area (Å²) < 4.78 is 31.6. The average Bonchev–Trinajstić information content (AvgIpc) is 2.67. The second-order valence-corrected chi connectivity index (χ2v) is 10.5. The fourth-order valence-corrected chi connectivity index (χ4v) is 4.30. The molecule has 172 valence electrons. The fourth-order valence-electron chi connectivity index (χ4n) is 4.13. The Morgan fingerprint density at radius 1 is 0.828 bits per heavy atom. The molecule has 0 aliphatic carbocycles. The van der Waals surface area contributed by atoms with Gasteiger partial charge in [0, 0.05) is 28.8 Å². The number of nitrogens with zero attached hydrogens (tertiary/aromatic N) is 1. The van der Waals surface area contributed by atoms with Crippen molar-refractivity contribution in [2.24, 2.45) is 0 Å². The number of piperidine rings is 1. The molecule has 4 nitrogen and oxygen atoms in total. The third-order valence-electron chi connectivity index (χ3n) is 5.73. The summed E-state index contributed by atoms with van der Waals surface area (Å²) in [7, 11) is -3.92. The van der Waals surface area contributed by atoms with Crippen LogP contribution >= 0.6 is 22.6 Å². The van der Waals surface area contributed by atoms with Crippen molar-refractivity contribution < 1.29 is 17.5 Å². The maximum atomic E-state index is 9.08. The van der Waals surface area contributed by atoms with E-state index in [9.17, 15) is 0 Å². The lowest BCUT2D eigenvalue weighted by atomic mass is 10.0. The predicted octanol–water partition coefficient (Wildman–Crippen LogP) is 6.25. The lowest BCUT2D eigenvalue weighted by molar-refractivity contribution is -0.926. The molecule has 1 aliphatic heterocycles. The molecule has 0 spiro atoms. The second-order valence-electron chi connectivity index (χ2n) is 8.60. The molecule has 0 amide bonds. The van der Waals surface area contributed by atoms with Crippen LogP contribution in [-0.2, 0) is 10.1 Å². The summed E-state index contributed by atoms with van der Waals surface area (Å²) in [6, 6.07) is 0. The van der Waals surface area contributed by atoms with Crippen molar-refractivity contribution in [3.05, 3.63) is 0 Å². The van der Waals surface area contributed by atoms with E-state index in [1.807, 2.05) is 0 Å². The van der Waals surface area contributed by atoms with Gasteiger partial charge in [0.25, 0.3) is 0 Å². The first-order valence-electron chi connectivity index (χ1n) is 11.7. The molecule has 0 radical (unpaired) electrons. The third kappa shape index (κ3) is 21.2. The Morgan fingerprint density at radius 2 is 1.24 bits per heavy atom. The number of quaternary nitrogens is 1. The van der Waals surface area contributed by atoms with E-state index >= 15 is 0 Å². The van der Waals surface area contributed by atoms with Crippen molar-refractivity contribution in [2.45, 2.75) is 103 Å². The Morgan fingerprint density at radius 3 is 1.66 bits per heavy atom. The molecule has 29 heavy (non-hydrogen) atoms. The molecule has 1 fully saturated rings. The molecular weight excluding hydrogens is 497 g/mol. The Labute approximate surface area is 195 Å². The van der Waals surface area contributed by atoms with Gasteiger partial charge in [0.05, 0.1) is 29.8 Å². The topological polar surface area (TPSA) is 57.2 Å². The monoisotopic (exact) mass is 541 g/mol. The van der Waals surface area contributed by atoms with Crippen LogP contribution in [0.15, 0.2) is 0 Å². The molecule has 0 bridgehead atoms. The van der Waals surface area contributed by atoms with Crippen LogP contribution in [-0.4, -0.2) is 49.9 Å². The van der Waals surface area contributed by atoms with Crippen LogP contribution in [0.1, 0.15) is 103 Å². The van der Waals surface area contributed by atoms with Gasteiger partial charge in [-0.1, -0.05) is 71.1 Å². The minimum absolute atomic E-state index is 0.604. The van der Waals surface area contributed by atoms with Gasteiger partial charge in [-0.15, -0.1) is 0 Å². The van der Waals surface area contributed by atoms with Gasteiger partial charge in [-0.25, -0.2) is 8.42 Å². The standard InChI is InChI=1S/C22H41IN.CH4O3S/c1-2-3-4-5-6-7-8-9-10-11-12-14-19-24(22-17-18-23)20-15-13-16-21-24;1-5(2,3)4/h2-16,19-22H2,1H3;1H3,(H,2,3,4)/q+1;/p-1. The largest absolute Gasteiger partial charge is 0.748 e. The van der Waals surface area contributed by atoms with Crippen LogP contribution in [0.2, 0.25) is 0 Å². The highest BCUT2D eigenvalue weighted by atomic mass is 127. The summed E-state index contributed by atoms with van der Waals surface area (Å²) in [6.45, 7) is 7.53. The maximum Gasteiger partial charge on any atom is 0.141 e. The van der Waals surface area contributed by atoms with Crippen LogP contribution in [0, 0.1) is 9.85 Å². The van der Waals surface area contributed by atoms with E-state index in [4.69, 9.17) is 13.0 Å². The number of unbranched alkanes of at least 4 members (excludes halogenated alkanes) is 11.